The normalized spacial score (nSPS) is 20.4. The number of rotatable bonds is 4. The van der Waals surface area contributed by atoms with Crippen LogP contribution in [0.3, 0.4) is 0 Å². The molecule has 0 atom stereocenters. The largest absolute Gasteiger partial charge is 0.326 e. The lowest BCUT2D eigenvalue weighted by Gasteiger charge is -2.37. The first kappa shape index (κ1) is 13.9. The molecule has 1 saturated heterocycles. The molecule has 0 bridgehead atoms. The minimum atomic E-state index is -3.14. The zero-order chi connectivity index (χ0) is 14.3. The number of amides is 1. The Balaban J connectivity index is 1.54. The van der Waals surface area contributed by atoms with E-state index in [4.69, 9.17) is 11.6 Å². The van der Waals surface area contributed by atoms with Crippen LogP contribution in [-0.4, -0.2) is 37.0 Å². The molecular formula is C13H15ClN2O3S. The third kappa shape index (κ3) is 2.68. The lowest BCUT2D eigenvalue weighted by atomic mass is 10.0. The lowest BCUT2D eigenvalue weighted by molar-refractivity contribution is -0.122. The first-order valence-electron chi connectivity index (χ1n) is 6.52. The maximum absolute atomic E-state index is 12.0. The van der Waals surface area contributed by atoms with Gasteiger partial charge in [0.05, 0.1) is 11.2 Å². The average Bonchev–Trinajstić information content (AvgIpc) is 3.14. The van der Waals surface area contributed by atoms with Crippen molar-refractivity contribution < 1.29 is 13.2 Å². The lowest BCUT2D eigenvalue weighted by Crippen LogP contribution is -2.55. The summed E-state index contributed by atoms with van der Waals surface area (Å²) in [7, 11) is -3.14. The highest BCUT2D eigenvalue weighted by molar-refractivity contribution is 7.90. The Hall–Kier alpha value is -1.11. The number of sulfonamides is 1. The number of hydrogen-bond acceptors (Lipinski definition) is 3. The second kappa shape index (κ2) is 5.02. The van der Waals surface area contributed by atoms with Gasteiger partial charge in [0.1, 0.15) is 0 Å². The van der Waals surface area contributed by atoms with Gasteiger partial charge in [-0.3, -0.25) is 4.79 Å². The predicted molar refractivity (Wildman–Crippen MR) is 77.1 cm³/mol. The monoisotopic (exact) mass is 314 g/mol. The van der Waals surface area contributed by atoms with E-state index < -0.39 is 10.0 Å². The number of halogens is 1. The fourth-order valence-electron chi connectivity index (χ4n) is 2.17. The molecule has 108 valence electrons. The highest BCUT2D eigenvalue weighted by atomic mass is 35.5. The van der Waals surface area contributed by atoms with E-state index in [2.05, 4.69) is 5.32 Å². The van der Waals surface area contributed by atoms with Gasteiger partial charge >= 0.3 is 0 Å². The molecule has 2 fully saturated rings. The predicted octanol–water partition coefficient (Wildman–Crippen LogP) is 1.70. The van der Waals surface area contributed by atoms with Gasteiger partial charge in [0.2, 0.25) is 15.9 Å². The molecule has 0 radical (unpaired) electrons. The summed E-state index contributed by atoms with van der Waals surface area (Å²) in [6, 6.07) is 6.83. The highest BCUT2D eigenvalue weighted by Crippen LogP contribution is 2.34. The molecule has 3 rings (SSSR count). The molecule has 0 unspecified atom stereocenters. The number of anilines is 1. The van der Waals surface area contributed by atoms with Crippen molar-refractivity contribution in [3.05, 3.63) is 29.3 Å². The van der Waals surface area contributed by atoms with E-state index in [1.54, 1.807) is 24.3 Å². The van der Waals surface area contributed by atoms with Crippen LogP contribution in [0.2, 0.25) is 5.02 Å². The molecule has 1 saturated carbocycles. The van der Waals surface area contributed by atoms with E-state index in [1.165, 1.54) is 4.31 Å². The Kier molecular flexibility index (Phi) is 3.48. The van der Waals surface area contributed by atoms with Crippen LogP contribution in [0.25, 0.3) is 0 Å². The Morgan fingerprint density at radius 3 is 2.35 bits per heavy atom. The zero-order valence-electron chi connectivity index (χ0n) is 10.8. The molecule has 1 aliphatic heterocycles. The third-order valence-corrected chi connectivity index (χ3v) is 6.22. The molecule has 5 nitrogen and oxygen atoms in total. The summed E-state index contributed by atoms with van der Waals surface area (Å²) in [5.41, 5.74) is 0.669. The van der Waals surface area contributed by atoms with Gasteiger partial charge in [-0.05, 0) is 37.1 Å². The smallest absolute Gasteiger partial charge is 0.230 e. The molecular weight excluding hydrogens is 300 g/mol. The Morgan fingerprint density at radius 2 is 1.80 bits per heavy atom. The molecule has 0 aromatic heterocycles. The van der Waals surface area contributed by atoms with Crippen molar-refractivity contribution in [1.29, 1.82) is 0 Å². The van der Waals surface area contributed by atoms with Gasteiger partial charge in [-0.15, -0.1) is 0 Å². The van der Waals surface area contributed by atoms with Gasteiger partial charge in [-0.2, -0.15) is 4.31 Å². The number of hydrogen-bond donors (Lipinski definition) is 1. The van der Waals surface area contributed by atoms with Crippen molar-refractivity contribution in [2.75, 3.05) is 18.4 Å². The van der Waals surface area contributed by atoms with Gasteiger partial charge in [-0.1, -0.05) is 11.6 Å². The molecule has 1 heterocycles. The van der Waals surface area contributed by atoms with Crippen LogP contribution in [-0.2, 0) is 14.8 Å². The van der Waals surface area contributed by atoms with E-state index in [-0.39, 0.29) is 30.2 Å². The minimum absolute atomic E-state index is 0.144. The van der Waals surface area contributed by atoms with Gasteiger partial charge in [0, 0.05) is 23.8 Å². The summed E-state index contributed by atoms with van der Waals surface area (Å²) in [6.07, 6.45) is 1.50. The fraction of sp³-hybridized carbons (Fsp3) is 0.462. The van der Waals surface area contributed by atoms with E-state index in [0.29, 0.717) is 10.7 Å². The van der Waals surface area contributed by atoms with Crippen LogP contribution in [0.5, 0.6) is 0 Å². The molecule has 1 aromatic rings. The third-order valence-electron chi connectivity index (χ3n) is 3.64. The van der Waals surface area contributed by atoms with Crippen LogP contribution >= 0.6 is 11.6 Å². The quantitative estimate of drug-likeness (QED) is 0.920. The van der Waals surface area contributed by atoms with Gasteiger partial charge in [0.25, 0.3) is 0 Å². The SMILES string of the molecule is O=C(Nc1ccc(Cl)cc1)C1CN(S(=O)(=O)C2CC2)C1. The molecule has 7 heteroatoms. The maximum Gasteiger partial charge on any atom is 0.230 e. The average molecular weight is 315 g/mol. The standard InChI is InChI=1S/C13H15ClN2O3S/c14-10-1-3-11(4-2-10)15-13(17)9-7-16(8-9)20(18,19)12-5-6-12/h1-4,9,12H,5-8H2,(H,15,17). The van der Waals surface area contributed by atoms with E-state index in [1.807, 2.05) is 0 Å². The van der Waals surface area contributed by atoms with Crippen LogP contribution in [0, 0.1) is 5.92 Å². The summed E-state index contributed by atoms with van der Waals surface area (Å²) >= 11 is 5.77. The summed E-state index contributed by atoms with van der Waals surface area (Å²) in [6.45, 7) is 0.580. The number of nitrogens with one attached hydrogen (secondary N) is 1. The van der Waals surface area contributed by atoms with Gasteiger partial charge in [0.15, 0.2) is 0 Å². The van der Waals surface area contributed by atoms with E-state index in [9.17, 15) is 13.2 Å². The van der Waals surface area contributed by atoms with Crippen LogP contribution < -0.4 is 5.32 Å². The van der Waals surface area contributed by atoms with Crippen LogP contribution in [0.4, 0.5) is 5.69 Å². The van der Waals surface area contributed by atoms with Crippen LogP contribution in [0.1, 0.15) is 12.8 Å². The number of carbonyl (C=O) groups is 1. The van der Waals surface area contributed by atoms with Crippen molar-refractivity contribution in [1.82, 2.24) is 4.31 Å². The maximum atomic E-state index is 12.0. The molecule has 20 heavy (non-hydrogen) atoms. The van der Waals surface area contributed by atoms with Gasteiger partial charge < -0.3 is 5.32 Å². The Bertz CT molecular complexity index is 620. The minimum Gasteiger partial charge on any atom is -0.326 e. The van der Waals surface area contributed by atoms with Crippen LogP contribution in [0.15, 0.2) is 24.3 Å². The van der Waals surface area contributed by atoms with Crippen molar-refractivity contribution >= 4 is 33.2 Å². The summed E-state index contributed by atoms with van der Waals surface area (Å²) < 4.78 is 25.3. The van der Waals surface area contributed by atoms with Crippen molar-refractivity contribution in [2.24, 2.45) is 5.92 Å². The Morgan fingerprint density at radius 1 is 1.20 bits per heavy atom. The second-order valence-corrected chi connectivity index (χ2v) is 7.90. The topological polar surface area (TPSA) is 66.5 Å². The number of nitrogens with zero attached hydrogens (tertiary/aromatic N) is 1. The van der Waals surface area contributed by atoms with Gasteiger partial charge in [-0.25, -0.2) is 8.42 Å². The van der Waals surface area contributed by atoms with Crippen molar-refractivity contribution in [3.8, 4) is 0 Å². The van der Waals surface area contributed by atoms with Crippen molar-refractivity contribution in [3.63, 3.8) is 0 Å². The van der Waals surface area contributed by atoms with E-state index in [0.717, 1.165) is 12.8 Å². The summed E-state index contributed by atoms with van der Waals surface area (Å²) in [5.74, 6) is -0.409. The zero-order valence-corrected chi connectivity index (χ0v) is 12.3. The highest BCUT2D eigenvalue weighted by Gasteiger charge is 2.46. The summed E-state index contributed by atoms with van der Waals surface area (Å²) in [5, 5.41) is 3.17. The molecule has 2 aliphatic rings. The number of carbonyl (C=O) groups excluding carboxylic acids is 1. The second-order valence-electron chi connectivity index (χ2n) is 5.25. The molecule has 1 aliphatic carbocycles. The van der Waals surface area contributed by atoms with E-state index >= 15 is 0 Å². The fourth-order valence-corrected chi connectivity index (χ4v) is 4.22. The molecule has 0 spiro atoms. The number of benzene rings is 1. The van der Waals surface area contributed by atoms with Crippen molar-refractivity contribution in [2.45, 2.75) is 18.1 Å². The molecule has 1 aromatic carbocycles. The first-order chi connectivity index (χ1) is 9.46. The Labute approximate surface area is 123 Å². The first-order valence-corrected chi connectivity index (χ1v) is 8.40. The summed E-state index contributed by atoms with van der Waals surface area (Å²) in [4.78, 5) is 12.0. The molecule has 1 amide bonds. The molecule has 1 N–H and O–H groups in total.